The molecular weight excluding hydrogens is 186 g/mol. The molecule has 2 rings (SSSR count). The lowest BCUT2D eigenvalue weighted by Gasteiger charge is -2.29. The summed E-state index contributed by atoms with van der Waals surface area (Å²) in [6.07, 6.45) is 9.96. The van der Waals surface area contributed by atoms with Gasteiger partial charge in [0.15, 0.2) is 0 Å². The maximum Gasteiger partial charge on any atom is 0.0510 e. The summed E-state index contributed by atoms with van der Waals surface area (Å²) < 4.78 is 5.49. The fourth-order valence-electron chi connectivity index (χ4n) is 3.20. The van der Waals surface area contributed by atoms with Crippen LogP contribution in [0.2, 0.25) is 0 Å². The molecule has 1 heterocycles. The van der Waals surface area contributed by atoms with Crippen molar-refractivity contribution >= 4 is 0 Å². The summed E-state index contributed by atoms with van der Waals surface area (Å²) in [5.41, 5.74) is 0. The normalized spacial score (nSPS) is 30.6. The van der Waals surface area contributed by atoms with Crippen LogP contribution in [0, 0.1) is 11.8 Å². The zero-order chi connectivity index (χ0) is 10.5. The summed E-state index contributed by atoms with van der Waals surface area (Å²) in [6, 6.07) is 0.704. The van der Waals surface area contributed by atoms with Crippen molar-refractivity contribution in [3.8, 4) is 0 Å². The number of hydrogen-bond donors (Lipinski definition) is 1. The first-order chi connectivity index (χ1) is 7.40. The molecule has 1 aliphatic heterocycles. The summed E-state index contributed by atoms with van der Waals surface area (Å²) in [4.78, 5) is 0. The molecule has 2 atom stereocenters. The molecule has 0 radical (unpaired) electrons. The van der Waals surface area contributed by atoms with Crippen molar-refractivity contribution in [2.75, 3.05) is 20.3 Å². The topological polar surface area (TPSA) is 21.3 Å². The van der Waals surface area contributed by atoms with E-state index in [0.29, 0.717) is 6.04 Å². The first-order valence-corrected chi connectivity index (χ1v) is 6.65. The Labute approximate surface area is 93.8 Å². The second-order valence-corrected chi connectivity index (χ2v) is 5.26. The third kappa shape index (κ3) is 3.18. The van der Waals surface area contributed by atoms with Gasteiger partial charge in [-0.1, -0.05) is 32.1 Å². The van der Waals surface area contributed by atoms with Gasteiger partial charge >= 0.3 is 0 Å². The Hall–Kier alpha value is -0.0800. The highest BCUT2D eigenvalue weighted by molar-refractivity contribution is 4.81. The van der Waals surface area contributed by atoms with E-state index in [2.05, 4.69) is 12.4 Å². The lowest BCUT2D eigenvalue weighted by Crippen LogP contribution is -2.36. The third-order valence-corrected chi connectivity index (χ3v) is 4.22. The van der Waals surface area contributed by atoms with Crippen molar-refractivity contribution in [3.05, 3.63) is 0 Å². The number of rotatable bonds is 4. The first-order valence-electron chi connectivity index (χ1n) is 6.65. The largest absolute Gasteiger partial charge is 0.381 e. The van der Waals surface area contributed by atoms with E-state index < -0.39 is 0 Å². The van der Waals surface area contributed by atoms with Crippen molar-refractivity contribution in [3.63, 3.8) is 0 Å². The smallest absolute Gasteiger partial charge is 0.0510 e. The second kappa shape index (κ2) is 5.86. The number of nitrogens with one attached hydrogen (secondary N) is 1. The van der Waals surface area contributed by atoms with E-state index in [9.17, 15) is 0 Å². The molecule has 1 aliphatic carbocycles. The highest BCUT2D eigenvalue weighted by Gasteiger charge is 2.27. The minimum Gasteiger partial charge on any atom is -0.381 e. The van der Waals surface area contributed by atoms with Gasteiger partial charge in [-0.3, -0.25) is 0 Å². The van der Waals surface area contributed by atoms with Gasteiger partial charge < -0.3 is 10.1 Å². The highest BCUT2D eigenvalue weighted by atomic mass is 16.5. The molecule has 1 saturated heterocycles. The molecule has 2 unspecified atom stereocenters. The van der Waals surface area contributed by atoms with E-state index in [-0.39, 0.29) is 0 Å². The van der Waals surface area contributed by atoms with E-state index in [1.54, 1.807) is 0 Å². The number of ether oxygens (including phenoxy) is 1. The van der Waals surface area contributed by atoms with Crippen molar-refractivity contribution in [2.24, 2.45) is 11.8 Å². The van der Waals surface area contributed by atoms with Crippen LogP contribution in [0.4, 0.5) is 0 Å². The number of hydrogen-bond acceptors (Lipinski definition) is 2. The molecule has 0 aromatic rings. The Bertz CT molecular complexity index is 171. The van der Waals surface area contributed by atoms with Crippen LogP contribution < -0.4 is 5.32 Å². The highest BCUT2D eigenvalue weighted by Crippen LogP contribution is 2.30. The fraction of sp³-hybridized carbons (Fsp3) is 1.00. The average Bonchev–Trinajstić information content (AvgIpc) is 2.81. The Morgan fingerprint density at radius 3 is 2.60 bits per heavy atom. The van der Waals surface area contributed by atoms with Crippen LogP contribution in [-0.4, -0.2) is 26.3 Å². The van der Waals surface area contributed by atoms with E-state index in [1.807, 2.05) is 0 Å². The molecule has 1 N–H and O–H groups in total. The van der Waals surface area contributed by atoms with Gasteiger partial charge in [0, 0.05) is 12.6 Å². The van der Waals surface area contributed by atoms with Crippen LogP contribution in [0.1, 0.15) is 44.9 Å². The molecule has 2 aliphatic rings. The molecule has 2 fully saturated rings. The van der Waals surface area contributed by atoms with E-state index >= 15 is 0 Å². The van der Waals surface area contributed by atoms with Crippen molar-refractivity contribution < 1.29 is 4.74 Å². The summed E-state index contributed by atoms with van der Waals surface area (Å²) >= 11 is 0. The molecule has 0 amide bonds. The zero-order valence-corrected chi connectivity index (χ0v) is 10.0. The molecule has 15 heavy (non-hydrogen) atoms. The van der Waals surface area contributed by atoms with Gasteiger partial charge in [0.05, 0.1) is 6.61 Å². The predicted molar refractivity (Wildman–Crippen MR) is 63.0 cm³/mol. The third-order valence-electron chi connectivity index (χ3n) is 4.22. The minimum atomic E-state index is 0.704. The summed E-state index contributed by atoms with van der Waals surface area (Å²) in [6.45, 7) is 1.96. The fourth-order valence-corrected chi connectivity index (χ4v) is 3.20. The summed E-state index contributed by atoms with van der Waals surface area (Å²) in [5.74, 6) is 1.76. The van der Waals surface area contributed by atoms with Gasteiger partial charge in [0.25, 0.3) is 0 Å². The van der Waals surface area contributed by atoms with Crippen LogP contribution in [0.3, 0.4) is 0 Å². The molecule has 2 heteroatoms. The van der Waals surface area contributed by atoms with Crippen molar-refractivity contribution in [2.45, 2.75) is 51.0 Å². The zero-order valence-electron chi connectivity index (χ0n) is 10.0. The van der Waals surface area contributed by atoms with E-state index in [1.165, 1.54) is 44.9 Å². The molecule has 0 bridgehead atoms. The molecule has 1 saturated carbocycles. The van der Waals surface area contributed by atoms with Crippen LogP contribution in [-0.2, 0) is 4.74 Å². The van der Waals surface area contributed by atoms with Gasteiger partial charge in [-0.15, -0.1) is 0 Å². The summed E-state index contributed by atoms with van der Waals surface area (Å²) in [7, 11) is 2.12. The SMILES string of the molecule is CNC(CC1CCCCC1)C1CCOC1. The second-order valence-electron chi connectivity index (χ2n) is 5.26. The van der Waals surface area contributed by atoms with Gasteiger partial charge in [0.1, 0.15) is 0 Å². The molecule has 0 aromatic carbocycles. The van der Waals surface area contributed by atoms with Crippen LogP contribution in [0.25, 0.3) is 0 Å². The lowest BCUT2D eigenvalue weighted by atomic mass is 9.81. The Balaban J connectivity index is 1.78. The van der Waals surface area contributed by atoms with E-state index in [4.69, 9.17) is 4.74 Å². The van der Waals surface area contributed by atoms with Gasteiger partial charge in [-0.2, -0.15) is 0 Å². The van der Waals surface area contributed by atoms with Gasteiger partial charge in [-0.05, 0) is 31.7 Å². The lowest BCUT2D eigenvalue weighted by molar-refractivity contribution is 0.170. The standard InChI is InChI=1S/C13H25NO/c1-14-13(12-7-8-15-10-12)9-11-5-3-2-4-6-11/h11-14H,2-10H2,1H3. The van der Waals surface area contributed by atoms with Crippen LogP contribution in [0.15, 0.2) is 0 Å². The van der Waals surface area contributed by atoms with Crippen LogP contribution in [0.5, 0.6) is 0 Å². The summed E-state index contributed by atoms with van der Waals surface area (Å²) in [5, 5.41) is 3.51. The predicted octanol–water partition coefficient (Wildman–Crippen LogP) is 2.58. The maximum atomic E-state index is 5.49. The average molecular weight is 211 g/mol. The first kappa shape index (κ1) is 11.4. The van der Waals surface area contributed by atoms with Crippen molar-refractivity contribution in [1.82, 2.24) is 5.32 Å². The monoisotopic (exact) mass is 211 g/mol. The van der Waals surface area contributed by atoms with Crippen LogP contribution >= 0.6 is 0 Å². The van der Waals surface area contributed by atoms with Gasteiger partial charge in [0.2, 0.25) is 0 Å². The quantitative estimate of drug-likeness (QED) is 0.771. The molecule has 0 aromatic heterocycles. The molecule has 0 spiro atoms. The molecule has 2 nitrogen and oxygen atoms in total. The molecular formula is C13H25NO. The Morgan fingerprint density at radius 2 is 2.00 bits per heavy atom. The molecule has 88 valence electrons. The maximum absolute atomic E-state index is 5.49. The Kier molecular flexibility index (Phi) is 4.45. The van der Waals surface area contributed by atoms with Gasteiger partial charge in [-0.25, -0.2) is 0 Å². The Morgan fingerprint density at radius 1 is 1.20 bits per heavy atom. The minimum absolute atomic E-state index is 0.704. The van der Waals surface area contributed by atoms with E-state index in [0.717, 1.165) is 25.0 Å². The van der Waals surface area contributed by atoms with Crippen molar-refractivity contribution in [1.29, 1.82) is 0 Å².